The molecule has 3 aromatic carbocycles. The molecule has 2 nitrogen and oxygen atoms in total. The van der Waals surface area contributed by atoms with Gasteiger partial charge in [0.1, 0.15) is 5.01 Å². The van der Waals surface area contributed by atoms with Crippen molar-refractivity contribution in [2.24, 2.45) is 0 Å². The standard InChI is InChI=1S/C24H17F6NOS/c1-14-20(33-22(31-14)16-9-11-18(12-10-16)23(25,26)27)21(24(28,29)30)32-13-17-7-4-6-15-5-2-3-8-19(15)17/h2-12,21H,13H2,1H3. The molecule has 0 bridgehead atoms. The van der Waals surface area contributed by atoms with E-state index in [9.17, 15) is 26.3 Å². The fourth-order valence-corrected chi connectivity index (χ4v) is 4.63. The third-order valence-electron chi connectivity index (χ3n) is 5.11. The Morgan fingerprint density at radius 1 is 0.879 bits per heavy atom. The molecule has 0 aliphatic rings. The van der Waals surface area contributed by atoms with Gasteiger partial charge in [0.25, 0.3) is 0 Å². The van der Waals surface area contributed by atoms with E-state index in [4.69, 9.17) is 4.74 Å². The van der Waals surface area contributed by atoms with E-state index in [2.05, 4.69) is 4.98 Å². The Kier molecular flexibility index (Phi) is 6.20. The highest BCUT2D eigenvalue weighted by Gasteiger charge is 2.44. The van der Waals surface area contributed by atoms with Crippen LogP contribution < -0.4 is 0 Å². The van der Waals surface area contributed by atoms with Crippen LogP contribution in [0.25, 0.3) is 21.3 Å². The molecule has 1 aromatic heterocycles. The number of halogens is 6. The molecular formula is C24H17F6NOS. The molecule has 0 N–H and O–H groups in total. The minimum Gasteiger partial charge on any atom is -0.358 e. The Morgan fingerprint density at radius 3 is 2.21 bits per heavy atom. The fourth-order valence-electron chi connectivity index (χ4n) is 3.49. The minimum atomic E-state index is -4.70. The predicted molar refractivity (Wildman–Crippen MR) is 115 cm³/mol. The van der Waals surface area contributed by atoms with Gasteiger partial charge in [0.2, 0.25) is 0 Å². The van der Waals surface area contributed by atoms with Gasteiger partial charge >= 0.3 is 12.4 Å². The lowest BCUT2D eigenvalue weighted by Gasteiger charge is -2.20. The van der Waals surface area contributed by atoms with Gasteiger partial charge in [-0.15, -0.1) is 11.3 Å². The number of hydrogen-bond donors (Lipinski definition) is 0. The number of ether oxygens (including phenoxy) is 1. The SMILES string of the molecule is Cc1nc(-c2ccc(C(F)(F)F)cc2)sc1C(OCc1cccc2ccccc12)C(F)(F)F. The van der Waals surface area contributed by atoms with Crippen molar-refractivity contribution in [2.45, 2.75) is 32.0 Å². The molecule has 0 spiro atoms. The number of fused-ring (bicyclic) bond motifs is 1. The highest BCUT2D eigenvalue weighted by atomic mass is 32.1. The van der Waals surface area contributed by atoms with Gasteiger partial charge in [-0.25, -0.2) is 4.98 Å². The number of rotatable bonds is 5. The smallest absolute Gasteiger partial charge is 0.358 e. The van der Waals surface area contributed by atoms with Crippen LogP contribution in [0.5, 0.6) is 0 Å². The Morgan fingerprint density at radius 2 is 1.55 bits per heavy atom. The summed E-state index contributed by atoms with van der Waals surface area (Å²) in [4.78, 5) is 4.04. The van der Waals surface area contributed by atoms with E-state index < -0.39 is 24.0 Å². The second-order valence-electron chi connectivity index (χ2n) is 7.41. The maximum absolute atomic E-state index is 13.9. The van der Waals surface area contributed by atoms with E-state index in [1.807, 2.05) is 24.3 Å². The van der Waals surface area contributed by atoms with Crippen molar-refractivity contribution in [3.63, 3.8) is 0 Å². The number of alkyl halides is 6. The van der Waals surface area contributed by atoms with E-state index >= 15 is 0 Å². The molecule has 0 amide bonds. The van der Waals surface area contributed by atoms with Gasteiger partial charge in [-0.2, -0.15) is 26.3 Å². The van der Waals surface area contributed by atoms with Gasteiger partial charge in [-0.05, 0) is 35.4 Å². The summed E-state index contributed by atoms with van der Waals surface area (Å²) in [6.45, 7) is 1.16. The van der Waals surface area contributed by atoms with Crippen LogP contribution in [0.15, 0.2) is 66.7 Å². The van der Waals surface area contributed by atoms with Gasteiger partial charge in [0, 0.05) is 5.56 Å². The van der Waals surface area contributed by atoms with Gasteiger partial charge in [-0.3, -0.25) is 0 Å². The number of hydrogen-bond acceptors (Lipinski definition) is 3. The van der Waals surface area contributed by atoms with Crippen LogP contribution in [0, 0.1) is 6.92 Å². The molecule has 172 valence electrons. The molecule has 0 radical (unpaired) electrons. The van der Waals surface area contributed by atoms with Crippen molar-refractivity contribution in [3.8, 4) is 10.6 Å². The first kappa shape index (κ1) is 23.3. The predicted octanol–water partition coefficient (Wildman–Crippen LogP) is 8.11. The average molecular weight is 481 g/mol. The quantitative estimate of drug-likeness (QED) is 0.269. The van der Waals surface area contributed by atoms with Crippen LogP contribution in [-0.2, 0) is 17.5 Å². The zero-order valence-corrected chi connectivity index (χ0v) is 18.0. The summed E-state index contributed by atoms with van der Waals surface area (Å²) in [5.41, 5.74) is 0.200. The third-order valence-corrected chi connectivity index (χ3v) is 6.36. The molecular weight excluding hydrogens is 464 g/mol. The summed E-state index contributed by atoms with van der Waals surface area (Å²) in [5, 5.41) is 1.88. The van der Waals surface area contributed by atoms with E-state index in [1.165, 1.54) is 19.1 Å². The molecule has 0 saturated heterocycles. The van der Waals surface area contributed by atoms with Crippen LogP contribution in [0.2, 0.25) is 0 Å². The number of aryl methyl sites for hydroxylation is 1. The maximum atomic E-state index is 13.9. The molecule has 0 saturated carbocycles. The highest BCUT2D eigenvalue weighted by Crippen LogP contribution is 2.43. The number of benzene rings is 3. The molecule has 0 aliphatic carbocycles. The summed E-state index contributed by atoms with van der Waals surface area (Å²) in [5.74, 6) is 0. The van der Waals surface area contributed by atoms with Crippen molar-refractivity contribution in [3.05, 3.63) is 88.4 Å². The van der Waals surface area contributed by atoms with Crippen LogP contribution in [0.1, 0.15) is 27.8 Å². The summed E-state index contributed by atoms with van der Waals surface area (Å²) >= 11 is 0.762. The highest BCUT2D eigenvalue weighted by molar-refractivity contribution is 7.15. The topological polar surface area (TPSA) is 22.1 Å². The molecule has 4 aromatic rings. The van der Waals surface area contributed by atoms with E-state index in [-0.39, 0.29) is 22.2 Å². The van der Waals surface area contributed by atoms with Crippen molar-refractivity contribution in [1.29, 1.82) is 0 Å². The summed E-state index contributed by atoms with van der Waals surface area (Å²) in [6, 6.07) is 16.8. The minimum absolute atomic E-state index is 0.121. The van der Waals surface area contributed by atoms with Crippen molar-refractivity contribution in [2.75, 3.05) is 0 Å². The summed E-state index contributed by atoms with van der Waals surface area (Å²) in [6.07, 6.45) is -11.4. The monoisotopic (exact) mass is 481 g/mol. The number of nitrogens with zero attached hydrogens (tertiary/aromatic N) is 1. The Bertz CT molecular complexity index is 1260. The van der Waals surface area contributed by atoms with Gasteiger partial charge in [0.15, 0.2) is 6.10 Å². The van der Waals surface area contributed by atoms with Crippen molar-refractivity contribution in [1.82, 2.24) is 4.98 Å². The van der Waals surface area contributed by atoms with Crippen molar-refractivity contribution < 1.29 is 31.1 Å². The Balaban J connectivity index is 1.62. The van der Waals surface area contributed by atoms with Crippen LogP contribution in [-0.4, -0.2) is 11.2 Å². The molecule has 1 atom stereocenters. The largest absolute Gasteiger partial charge is 0.419 e. The van der Waals surface area contributed by atoms with E-state index in [0.717, 1.165) is 34.2 Å². The van der Waals surface area contributed by atoms with Crippen LogP contribution >= 0.6 is 11.3 Å². The second kappa shape index (κ2) is 8.79. The zero-order valence-electron chi connectivity index (χ0n) is 17.2. The summed E-state index contributed by atoms with van der Waals surface area (Å²) in [7, 11) is 0. The Labute approximate surface area is 189 Å². The van der Waals surface area contributed by atoms with Crippen molar-refractivity contribution >= 4 is 22.1 Å². The first-order valence-corrected chi connectivity index (χ1v) is 10.7. The van der Waals surface area contributed by atoms with E-state index in [0.29, 0.717) is 11.1 Å². The number of thiazole rings is 1. The average Bonchev–Trinajstić information content (AvgIpc) is 3.14. The second-order valence-corrected chi connectivity index (χ2v) is 8.45. The molecule has 33 heavy (non-hydrogen) atoms. The lowest BCUT2D eigenvalue weighted by Crippen LogP contribution is -2.23. The Hall–Kier alpha value is -2.91. The molecule has 0 fully saturated rings. The lowest BCUT2D eigenvalue weighted by molar-refractivity contribution is -0.226. The summed E-state index contributed by atoms with van der Waals surface area (Å²) < 4.78 is 85.5. The van der Waals surface area contributed by atoms with Crippen LogP contribution in [0.3, 0.4) is 0 Å². The molecule has 1 heterocycles. The van der Waals surface area contributed by atoms with E-state index in [1.54, 1.807) is 18.2 Å². The fraction of sp³-hybridized carbons (Fsp3) is 0.208. The molecule has 4 rings (SSSR count). The normalized spacial score (nSPS) is 13.4. The number of aromatic nitrogens is 1. The molecule has 0 aliphatic heterocycles. The first-order valence-electron chi connectivity index (χ1n) is 9.84. The zero-order chi connectivity index (χ0) is 23.8. The maximum Gasteiger partial charge on any atom is 0.419 e. The van der Waals surface area contributed by atoms with Gasteiger partial charge in [0.05, 0.1) is 22.7 Å². The van der Waals surface area contributed by atoms with Crippen LogP contribution in [0.4, 0.5) is 26.3 Å². The molecule has 9 heteroatoms. The first-order chi connectivity index (χ1) is 15.5. The van der Waals surface area contributed by atoms with Gasteiger partial charge in [-0.1, -0.05) is 54.6 Å². The molecule has 1 unspecified atom stereocenters. The third kappa shape index (κ3) is 5.04. The van der Waals surface area contributed by atoms with Gasteiger partial charge < -0.3 is 4.74 Å². The lowest BCUT2D eigenvalue weighted by atomic mass is 10.1.